The Morgan fingerprint density at radius 2 is 1.79 bits per heavy atom. The zero-order valence-electron chi connectivity index (χ0n) is 25.0. The van der Waals surface area contributed by atoms with E-state index in [1.54, 1.807) is 0 Å². The van der Waals surface area contributed by atoms with Gasteiger partial charge in [-0.15, -0.1) is 24.8 Å². The smallest absolute Gasteiger partial charge is 0.256 e. The lowest BCUT2D eigenvalue weighted by Crippen LogP contribution is -2.47. The van der Waals surface area contributed by atoms with Crippen molar-refractivity contribution in [3.05, 3.63) is 47.8 Å². The van der Waals surface area contributed by atoms with Crippen LogP contribution in [0.3, 0.4) is 0 Å². The maximum atomic E-state index is 13.4. The summed E-state index contributed by atoms with van der Waals surface area (Å²) < 4.78 is 1.93. The highest BCUT2D eigenvalue weighted by molar-refractivity contribution is 6.07. The summed E-state index contributed by atoms with van der Waals surface area (Å²) in [6.45, 7) is 8.83. The first kappa shape index (κ1) is 31.5. The van der Waals surface area contributed by atoms with Crippen molar-refractivity contribution in [1.29, 1.82) is 0 Å². The normalized spacial score (nSPS) is 20.3. The average molecular weight is 629 g/mol. The number of nitrogens with zero attached hydrogens (tertiary/aromatic N) is 6. The molecule has 1 aromatic carbocycles. The number of benzene rings is 1. The average Bonchev–Trinajstić information content (AvgIpc) is 3.70. The van der Waals surface area contributed by atoms with Gasteiger partial charge in [0.05, 0.1) is 11.0 Å². The van der Waals surface area contributed by atoms with Crippen molar-refractivity contribution in [2.75, 3.05) is 69.6 Å². The van der Waals surface area contributed by atoms with Crippen LogP contribution in [-0.4, -0.2) is 94.9 Å². The van der Waals surface area contributed by atoms with Gasteiger partial charge in [-0.3, -0.25) is 14.4 Å². The Morgan fingerprint density at radius 3 is 2.53 bits per heavy atom. The molecule has 12 heteroatoms. The number of aromatic nitrogens is 4. The molecule has 0 spiro atoms. The Morgan fingerprint density at radius 1 is 1.00 bits per heavy atom. The predicted octanol–water partition coefficient (Wildman–Crippen LogP) is 4.43. The lowest BCUT2D eigenvalue weighted by molar-refractivity contribution is 0.102. The van der Waals surface area contributed by atoms with Crippen LogP contribution in [0.25, 0.3) is 21.8 Å². The van der Waals surface area contributed by atoms with Crippen LogP contribution < -0.4 is 15.5 Å². The summed E-state index contributed by atoms with van der Waals surface area (Å²) in [6, 6.07) is 10.4. The molecule has 10 nitrogen and oxygen atoms in total. The summed E-state index contributed by atoms with van der Waals surface area (Å²) in [5.41, 5.74) is 3.86. The second-order valence-corrected chi connectivity index (χ2v) is 12.1. The molecule has 0 radical (unpaired) electrons. The van der Waals surface area contributed by atoms with Gasteiger partial charge >= 0.3 is 0 Å². The molecule has 3 fully saturated rings. The topological polar surface area (TPSA) is 97.3 Å². The van der Waals surface area contributed by atoms with E-state index >= 15 is 0 Å². The molecular formula is C31H43Cl2N9O. The van der Waals surface area contributed by atoms with Gasteiger partial charge in [0.15, 0.2) is 5.82 Å². The van der Waals surface area contributed by atoms with E-state index in [0.717, 1.165) is 85.8 Å². The Bertz CT molecular complexity index is 1560. The monoisotopic (exact) mass is 627 g/mol. The van der Waals surface area contributed by atoms with Gasteiger partial charge in [0.25, 0.3) is 5.91 Å². The number of H-pyrrole nitrogens is 1. The van der Waals surface area contributed by atoms with Crippen molar-refractivity contribution in [2.45, 2.75) is 31.7 Å². The third kappa shape index (κ3) is 6.49. The fourth-order valence-electron chi connectivity index (χ4n) is 7.00. The number of hydrogen-bond donors (Lipinski definition) is 3. The molecule has 1 atom stereocenters. The first-order chi connectivity index (χ1) is 20.0. The van der Waals surface area contributed by atoms with Gasteiger partial charge in [-0.25, -0.2) is 4.98 Å². The Labute approximate surface area is 265 Å². The molecule has 3 aliphatic heterocycles. The third-order valence-corrected chi connectivity index (χ3v) is 9.38. The van der Waals surface area contributed by atoms with Gasteiger partial charge in [0, 0.05) is 93.2 Å². The number of nitrogens with one attached hydrogen (secondary N) is 3. The molecule has 3 aliphatic rings. The van der Waals surface area contributed by atoms with Crippen molar-refractivity contribution in [1.82, 2.24) is 34.9 Å². The fourth-order valence-corrected chi connectivity index (χ4v) is 7.00. The van der Waals surface area contributed by atoms with Crippen LogP contribution >= 0.6 is 24.8 Å². The lowest BCUT2D eigenvalue weighted by Gasteiger charge is -2.36. The SMILES string of the molecule is CN1CCC[C@@H]1c1cc2cnc(NC(=O)c3ccc4c(c3)c(N3CCC(CN5CCNCC5)CC3)nn4C)cc2[nH]1.Cl.Cl. The van der Waals surface area contributed by atoms with E-state index < -0.39 is 0 Å². The van der Waals surface area contributed by atoms with Crippen molar-refractivity contribution in [3.63, 3.8) is 0 Å². The lowest BCUT2D eigenvalue weighted by atomic mass is 9.95. The summed E-state index contributed by atoms with van der Waals surface area (Å²) in [6.07, 6.45) is 6.57. The van der Waals surface area contributed by atoms with Crippen LogP contribution in [0.15, 0.2) is 36.5 Å². The number of aryl methyl sites for hydroxylation is 1. The van der Waals surface area contributed by atoms with Crippen molar-refractivity contribution >= 4 is 64.2 Å². The molecule has 0 bridgehead atoms. The van der Waals surface area contributed by atoms with Gasteiger partial charge < -0.3 is 25.4 Å². The molecule has 0 aliphatic carbocycles. The number of anilines is 2. The standard InChI is InChI=1S/C31H41N9O.2ClH/c1-37-11-3-4-28(37)26-17-23-19-33-29(18-25(23)34-26)35-31(41)22-5-6-27-24(16-22)30(36-38(27)2)40-12-7-21(8-13-40)20-39-14-9-32-10-15-39;;/h5-6,16-19,21,28,32,34H,3-4,7-15,20H2,1-2H3,(H,33,35,41);2*1H/t28-;;/m1../s1. The Hall–Kier alpha value is -2.89. The van der Waals surface area contributed by atoms with Gasteiger partial charge in [0.1, 0.15) is 5.82 Å². The molecule has 3 aromatic heterocycles. The van der Waals surface area contributed by atoms with E-state index in [9.17, 15) is 4.79 Å². The van der Waals surface area contributed by atoms with E-state index in [1.807, 2.05) is 42.2 Å². The maximum Gasteiger partial charge on any atom is 0.256 e. The summed E-state index contributed by atoms with van der Waals surface area (Å²) in [5, 5.41) is 13.4. The van der Waals surface area contributed by atoms with Crippen LogP contribution in [0.1, 0.15) is 47.8 Å². The van der Waals surface area contributed by atoms with E-state index in [1.165, 1.54) is 31.5 Å². The Balaban J connectivity index is 0.00000184. The number of carbonyl (C=O) groups is 1. The number of piperidine rings is 1. The largest absolute Gasteiger partial charge is 0.357 e. The minimum Gasteiger partial charge on any atom is -0.357 e. The molecule has 3 saturated heterocycles. The number of hydrogen-bond acceptors (Lipinski definition) is 7. The molecule has 232 valence electrons. The number of likely N-dealkylation sites (tertiary alicyclic amines) is 1. The van der Waals surface area contributed by atoms with Gasteiger partial charge in [-0.1, -0.05) is 0 Å². The summed E-state index contributed by atoms with van der Waals surface area (Å²) in [4.78, 5) is 28.9. The molecule has 7 rings (SSSR count). The number of piperazine rings is 1. The molecule has 43 heavy (non-hydrogen) atoms. The van der Waals surface area contributed by atoms with E-state index in [2.05, 4.69) is 48.4 Å². The maximum absolute atomic E-state index is 13.4. The first-order valence-electron chi connectivity index (χ1n) is 15.2. The zero-order chi connectivity index (χ0) is 27.9. The number of fused-ring (bicyclic) bond motifs is 2. The third-order valence-electron chi connectivity index (χ3n) is 9.38. The summed E-state index contributed by atoms with van der Waals surface area (Å²) >= 11 is 0. The number of halogens is 2. The van der Waals surface area contributed by atoms with Gasteiger partial charge in [0.2, 0.25) is 0 Å². The van der Waals surface area contributed by atoms with Crippen LogP contribution in [-0.2, 0) is 7.05 Å². The molecule has 0 unspecified atom stereocenters. The van der Waals surface area contributed by atoms with E-state index in [-0.39, 0.29) is 30.7 Å². The van der Waals surface area contributed by atoms with Crippen molar-refractivity contribution in [2.24, 2.45) is 13.0 Å². The number of aromatic amines is 1. The minimum atomic E-state index is -0.161. The van der Waals surface area contributed by atoms with Crippen molar-refractivity contribution in [3.8, 4) is 0 Å². The molecule has 1 amide bonds. The minimum absolute atomic E-state index is 0. The second-order valence-electron chi connectivity index (χ2n) is 12.1. The molecule has 4 aromatic rings. The summed E-state index contributed by atoms with van der Waals surface area (Å²) in [7, 11) is 4.16. The number of pyridine rings is 1. The molecule has 6 heterocycles. The highest BCUT2D eigenvalue weighted by Gasteiger charge is 2.26. The van der Waals surface area contributed by atoms with Crippen molar-refractivity contribution < 1.29 is 4.79 Å². The zero-order valence-corrected chi connectivity index (χ0v) is 26.6. The summed E-state index contributed by atoms with van der Waals surface area (Å²) in [5.74, 6) is 2.10. The first-order valence-corrected chi connectivity index (χ1v) is 15.2. The molecule has 3 N–H and O–H groups in total. The highest BCUT2D eigenvalue weighted by Crippen LogP contribution is 2.33. The number of carbonyl (C=O) groups excluding carboxylic acids is 1. The predicted molar refractivity (Wildman–Crippen MR) is 178 cm³/mol. The van der Waals surface area contributed by atoms with Crippen LogP contribution in [0.4, 0.5) is 11.6 Å². The second kappa shape index (κ2) is 13.4. The molecular weight excluding hydrogens is 585 g/mol. The van der Waals surface area contributed by atoms with Crippen LogP contribution in [0, 0.1) is 5.92 Å². The number of rotatable bonds is 6. The van der Waals surface area contributed by atoms with E-state index in [0.29, 0.717) is 17.4 Å². The molecule has 0 saturated carbocycles. The highest BCUT2D eigenvalue weighted by atomic mass is 35.5. The van der Waals surface area contributed by atoms with Gasteiger partial charge in [-0.2, -0.15) is 5.10 Å². The van der Waals surface area contributed by atoms with Gasteiger partial charge in [-0.05, 0) is 69.5 Å². The quantitative estimate of drug-likeness (QED) is 0.291. The van der Waals surface area contributed by atoms with E-state index in [4.69, 9.17) is 5.10 Å². The number of amides is 1. The van der Waals surface area contributed by atoms with Crippen LogP contribution in [0.2, 0.25) is 0 Å². The van der Waals surface area contributed by atoms with Crippen LogP contribution in [0.5, 0.6) is 0 Å². The fraction of sp³-hybridized carbons (Fsp3) is 0.516. The Kier molecular flexibility index (Phi) is 9.83.